The molecule has 3 saturated heterocycles. The average Bonchev–Trinajstić information content (AvgIpc) is 3.39. The van der Waals surface area contributed by atoms with Crippen LogP contribution in [0.25, 0.3) is 21.8 Å². The van der Waals surface area contributed by atoms with Crippen molar-refractivity contribution in [3.63, 3.8) is 0 Å². The second-order valence-corrected chi connectivity index (χ2v) is 11.5. The van der Waals surface area contributed by atoms with Crippen molar-refractivity contribution in [2.24, 2.45) is 0 Å². The largest absolute Gasteiger partial charge is 0.335 e. The van der Waals surface area contributed by atoms with Gasteiger partial charge in [0.05, 0.1) is 11.0 Å². The van der Waals surface area contributed by atoms with E-state index in [1.807, 2.05) is 45.9 Å². The molecule has 0 spiro atoms. The van der Waals surface area contributed by atoms with E-state index in [0.29, 0.717) is 25.2 Å². The Morgan fingerprint density at radius 2 is 1.62 bits per heavy atom. The second kappa shape index (κ2) is 9.83. The van der Waals surface area contributed by atoms with Gasteiger partial charge in [0, 0.05) is 43.8 Å². The number of likely N-dealkylation sites (tertiary alicyclic amines) is 1. The van der Waals surface area contributed by atoms with Crippen LogP contribution in [0.2, 0.25) is 0 Å². The van der Waals surface area contributed by atoms with Crippen LogP contribution in [0.1, 0.15) is 50.1 Å². The molecule has 3 fully saturated rings. The number of halogens is 1. The molecule has 3 aromatic carbocycles. The summed E-state index contributed by atoms with van der Waals surface area (Å²) in [6, 6.07) is 20.3. The first-order chi connectivity index (χ1) is 19.0. The van der Waals surface area contributed by atoms with Gasteiger partial charge < -0.3 is 15.2 Å². The lowest BCUT2D eigenvalue weighted by molar-refractivity contribution is 0.105. The first-order valence-corrected chi connectivity index (χ1v) is 14.2. The number of aromatic nitrogens is 2. The van der Waals surface area contributed by atoms with Gasteiger partial charge >= 0.3 is 11.7 Å². The average molecular weight is 528 g/mol. The van der Waals surface area contributed by atoms with E-state index in [9.17, 15) is 14.0 Å². The zero-order chi connectivity index (χ0) is 26.5. The number of amides is 2. The highest BCUT2D eigenvalue weighted by Crippen LogP contribution is 2.37. The number of imidazole rings is 1. The van der Waals surface area contributed by atoms with Crippen molar-refractivity contribution in [2.75, 3.05) is 13.1 Å². The molecule has 8 heteroatoms. The Balaban J connectivity index is 0.950. The normalized spacial score (nSPS) is 24.0. The lowest BCUT2D eigenvalue weighted by Gasteiger charge is -2.40. The van der Waals surface area contributed by atoms with Gasteiger partial charge in [-0.05, 0) is 85.2 Å². The maximum atomic E-state index is 13.6. The highest BCUT2D eigenvalue weighted by Gasteiger charge is 2.41. The topological polar surface area (TPSA) is 73.4 Å². The van der Waals surface area contributed by atoms with E-state index >= 15 is 0 Å². The molecule has 0 saturated carbocycles. The number of benzene rings is 3. The Morgan fingerprint density at radius 1 is 0.897 bits per heavy atom. The molecule has 2 N–H and O–H groups in total. The Labute approximate surface area is 226 Å². The molecule has 4 heterocycles. The van der Waals surface area contributed by atoms with E-state index in [0.717, 1.165) is 54.0 Å². The van der Waals surface area contributed by atoms with Crippen LogP contribution in [0.15, 0.2) is 65.5 Å². The van der Waals surface area contributed by atoms with Crippen molar-refractivity contribution in [1.82, 2.24) is 24.7 Å². The van der Waals surface area contributed by atoms with Crippen LogP contribution in [0.3, 0.4) is 0 Å². The van der Waals surface area contributed by atoms with Crippen molar-refractivity contribution in [2.45, 2.75) is 69.2 Å². The molecule has 1 unspecified atom stereocenters. The second-order valence-electron chi connectivity index (χ2n) is 11.5. The number of para-hydroxylation sites is 2. The van der Waals surface area contributed by atoms with Gasteiger partial charge in [-0.1, -0.05) is 30.3 Å². The maximum absolute atomic E-state index is 13.6. The van der Waals surface area contributed by atoms with E-state index < -0.39 is 0 Å². The summed E-state index contributed by atoms with van der Waals surface area (Å²) in [6.45, 7) is 2.20. The molecule has 0 radical (unpaired) electrons. The van der Waals surface area contributed by atoms with Gasteiger partial charge in [0.1, 0.15) is 5.82 Å². The first kappa shape index (κ1) is 24.4. The van der Waals surface area contributed by atoms with Crippen molar-refractivity contribution >= 4 is 27.8 Å². The molecule has 1 aromatic heterocycles. The summed E-state index contributed by atoms with van der Waals surface area (Å²) in [7, 11) is 0. The molecule has 7 nitrogen and oxygen atoms in total. The minimum Gasteiger partial charge on any atom is -0.335 e. The number of fused-ring (bicyclic) bond motifs is 4. The summed E-state index contributed by atoms with van der Waals surface area (Å²) in [4.78, 5) is 33.3. The fraction of sp³-hybridized carbons (Fsp3) is 0.419. The van der Waals surface area contributed by atoms with Gasteiger partial charge in [0.2, 0.25) is 0 Å². The zero-order valence-electron chi connectivity index (χ0n) is 22.0. The van der Waals surface area contributed by atoms with Crippen molar-refractivity contribution < 1.29 is 9.18 Å². The van der Waals surface area contributed by atoms with Gasteiger partial charge in [0.25, 0.3) is 0 Å². The van der Waals surface area contributed by atoms with Crippen molar-refractivity contribution in [3.05, 3.63) is 82.5 Å². The van der Waals surface area contributed by atoms with Crippen LogP contribution in [0.4, 0.5) is 9.18 Å². The van der Waals surface area contributed by atoms with Crippen LogP contribution in [0.5, 0.6) is 0 Å². The monoisotopic (exact) mass is 527 g/mol. The maximum Gasteiger partial charge on any atom is 0.326 e. The van der Waals surface area contributed by atoms with Crippen molar-refractivity contribution in [1.29, 1.82) is 0 Å². The molecule has 3 aliphatic rings. The number of nitrogens with one attached hydrogen (secondary N) is 2. The zero-order valence-corrected chi connectivity index (χ0v) is 22.0. The van der Waals surface area contributed by atoms with Crippen LogP contribution < -0.4 is 11.0 Å². The summed E-state index contributed by atoms with van der Waals surface area (Å²) in [6.07, 6.45) is 5.83. The number of hydrogen-bond acceptors (Lipinski definition) is 3. The smallest absolute Gasteiger partial charge is 0.326 e. The number of urea groups is 1. The number of hydrogen-bond donors (Lipinski definition) is 2. The third-order valence-electron chi connectivity index (χ3n) is 9.18. The molecule has 2 bridgehead atoms. The molecule has 2 amide bonds. The van der Waals surface area contributed by atoms with E-state index in [1.54, 1.807) is 6.07 Å². The lowest BCUT2D eigenvalue weighted by Crippen LogP contribution is -2.53. The molecule has 3 atom stereocenters. The third-order valence-corrected chi connectivity index (χ3v) is 9.18. The number of nitrogens with zero attached hydrogens (tertiary/aromatic N) is 3. The summed E-state index contributed by atoms with van der Waals surface area (Å²) >= 11 is 0. The third kappa shape index (κ3) is 4.61. The number of aromatic amines is 1. The Morgan fingerprint density at radius 3 is 2.41 bits per heavy atom. The van der Waals surface area contributed by atoms with E-state index in [-0.39, 0.29) is 29.6 Å². The molecule has 3 aliphatic heterocycles. The predicted molar refractivity (Wildman–Crippen MR) is 150 cm³/mol. The van der Waals surface area contributed by atoms with Gasteiger partial charge in [0.15, 0.2) is 0 Å². The van der Waals surface area contributed by atoms with E-state index in [1.165, 1.54) is 24.5 Å². The molecule has 202 valence electrons. The van der Waals surface area contributed by atoms with Gasteiger partial charge in [-0.15, -0.1) is 0 Å². The molecule has 39 heavy (non-hydrogen) atoms. The molecule has 0 aliphatic carbocycles. The molecular weight excluding hydrogens is 493 g/mol. The van der Waals surface area contributed by atoms with Crippen LogP contribution >= 0.6 is 0 Å². The highest BCUT2D eigenvalue weighted by molar-refractivity contribution is 5.83. The van der Waals surface area contributed by atoms with Crippen LogP contribution in [-0.4, -0.2) is 56.6 Å². The molecule has 4 aromatic rings. The number of rotatable bonds is 4. The van der Waals surface area contributed by atoms with Crippen LogP contribution in [0, 0.1) is 5.82 Å². The minimum absolute atomic E-state index is 0.0272. The standard InChI is InChI=1S/C31H34FN5O2/c32-23-8-7-21-15-20(5-6-22(21)16-23)19-36-26-9-10-27(36)18-24(17-26)33-30(38)35-13-11-25(12-14-35)37-29-4-2-1-3-28(29)34-31(37)39/h1-8,15-16,24-27H,9-14,17-19H2,(H,33,38)(H,34,39)/t24?,26-,27+. The Kier molecular flexibility index (Phi) is 6.15. The quantitative estimate of drug-likeness (QED) is 0.385. The lowest BCUT2D eigenvalue weighted by atomic mass is 9.96. The summed E-state index contributed by atoms with van der Waals surface area (Å²) in [5.74, 6) is -0.202. The summed E-state index contributed by atoms with van der Waals surface area (Å²) in [5.41, 5.74) is 2.98. The number of carbonyl (C=O) groups excluding carboxylic acids is 1. The fourth-order valence-corrected chi connectivity index (χ4v) is 7.26. The van der Waals surface area contributed by atoms with E-state index in [2.05, 4.69) is 27.3 Å². The summed E-state index contributed by atoms with van der Waals surface area (Å²) in [5, 5.41) is 5.35. The van der Waals surface area contributed by atoms with E-state index in [4.69, 9.17) is 0 Å². The summed E-state index contributed by atoms with van der Waals surface area (Å²) < 4.78 is 15.4. The Bertz CT molecular complexity index is 1570. The SMILES string of the molecule is O=C(NC1C[C@H]2CC[C@@H](C1)N2Cc1ccc2cc(F)ccc2c1)N1CCC(n2c(=O)[nH]c3ccccc32)CC1. The number of H-pyrrole nitrogens is 1. The molecule has 7 rings (SSSR count). The highest BCUT2D eigenvalue weighted by atomic mass is 19.1. The predicted octanol–water partition coefficient (Wildman–Crippen LogP) is 5.16. The van der Waals surface area contributed by atoms with Crippen LogP contribution in [-0.2, 0) is 6.54 Å². The van der Waals surface area contributed by atoms with Gasteiger partial charge in [-0.25, -0.2) is 14.0 Å². The molecular formula is C31H34FN5O2. The van der Waals surface area contributed by atoms with Gasteiger partial charge in [-0.3, -0.25) is 9.47 Å². The minimum atomic E-state index is -0.202. The number of piperidine rings is 2. The van der Waals surface area contributed by atoms with Crippen molar-refractivity contribution in [3.8, 4) is 0 Å². The Hall–Kier alpha value is -3.65. The first-order valence-electron chi connectivity index (χ1n) is 14.2. The van der Waals surface area contributed by atoms with Gasteiger partial charge in [-0.2, -0.15) is 0 Å². The fourth-order valence-electron chi connectivity index (χ4n) is 7.26. The number of carbonyl (C=O) groups is 1.